The highest BCUT2D eigenvalue weighted by Gasteiger charge is 2.30. The average Bonchev–Trinajstić information content (AvgIpc) is 3.68. The Morgan fingerprint density at radius 2 is 0.977 bits per heavy atom. The molecule has 184 valence electrons. The molecule has 0 saturated heterocycles. The van der Waals surface area contributed by atoms with Gasteiger partial charge in [0.25, 0.3) is 0 Å². The lowest BCUT2D eigenvalue weighted by Crippen LogP contribution is -2.50. The van der Waals surface area contributed by atoms with E-state index in [0.717, 1.165) is 35.1 Å². The van der Waals surface area contributed by atoms with E-state index < -0.39 is 0 Å². The summed E-state index contributed by atoms with van der Waals surface area (Å²) >= 11 is 0. The molecule has 0 aromatic heterocycles. The fourth-order valence-corrected chi connectivity index (χ4v) is 7.40. The summed E-state index contributed by atoms with van der Waals surface area (Å²) < 4.78 is 0. The number of rotatable bonds is 2. The van der Waals surface area contributed by atoms with Gasteiger partial charge in [-0.15, -0.1) is 21.9 Å². The Morgan fingerprint density at radius 1 is 0.455 bits per heavy atom. The van der Waals surface area contributed by atoms with Crippen LogP contribution in [0.1, 0.15) is 22.3 Å². The van der Waals surface area contributed by atoms with Gasteiger partial charge in [-0.05, 0) is 96.1 Å². The number of hydrogen-bond donors (Lipinski definition) is 0. The zero-order valence-electron chi connectivity index (χ0n) is 24.0. The maximum absolute atomic E-state index is 6.95. The molecule has 6 aromatic carbocycles. The first-order valence-corrected chi connectivity index (χ1v) is 14.5. The van der Waals surface area contributed by atoms with Crippen molar-refractivity contribution in [1.82, 2.24) is 0 Å². The van der Waals surface area contributed by atoms with Gasteiger partial charge in [-0.25, -0.2) is 0 Å². The Kier molecular flexibility index (Phi) is 6.16. The second-order valence-corrected chi connectivity index (χ2v) is 11.7. The van der Waals surface area contributed by atoms with Crippen molar-refractivity contribution in [3.8, 4) is 33.4 Å². The van der Waals surface area contributed by atoms with Crippen molar-refractivity contribution in [1.29, 1.82) is 0 Å². The van der Waals surface area contributed by atoms with E-state index in [0.29, 0.717) is 49.0 Å². The molecule has 2 aliphatic carbocycles. The van der Waals surface area contributed by atoms with Crippen LogP contribution in [0.3, 0.4) is 0 Å². The van der Waals surface area contributed by atoms with Crippen LogP contribution in [0.15, 0.2) is 66.7 Å². The van der Waals surface area contributed by atoms with E-state index in [2.05, 4.69) is 42.5 Å². The van der Waals surface area contributed by atoms with Crippen LogP contribution in [0.5, 0.6) is 0 Å². The Hall–Kier alpha value is -3.90. The highest BCUT2D eigenvalue weighted by atomic mass is 14.3. The van der Waals surface area contributed by atoms with Gasteiger partial charge in [0.05, 0.1) is 0 Å². The molecule has 44 heavy (non-hydrogen) atoms. The molecule has 0 bridgehead atoms. The molecule has 8 rings (SSSR count). The quantitative estimate of drug-likeness (QED) is 0.213. The van der Waals surface area contributed by atoms with Gasteiger partial charge in [-0.3, -0.25) is 0 Å². The Morgan fingerprint density at radius 3 is 1.57 bits per heavy atom. The van der Waals surface area contributed by atoms with Crippen molar-refractivity contribution in [2.75, 3.05) is 0 Å². The molecular formula is C36H16B8. The first kappa shape index (κ1) is 27.6. The lowest BCUT2D eigenvalue weighted by Gasteiger charge is -2.29. The summed E-state index contributed by atoms with van der Waals surface area (Å²) in [5, 5.41) is 2.57. The molecule has 0 unspecified atom stereocenters. The van der Waals surface area contributed by atoms with Crippen LogP contribution in [0.4, 0.5) is 0 Å². The fraction of sp³-hybridized carbons (Fsp3) is 0.0556. The van der Waals surface area contributed by atoms with Gasteiger partial charge >= 0.3 is 0 Å². The predicted octanol–water partition coefficient (Wildman–Crippen LogP) is -0.182. The van der Waals surface area contributed by atoms with E-state index in [1.807, 2.05) is 30.3 Å². The molecule has 0 atom stereocenters. The molecule has 6 aromatic rings. The average molecular weight is 535 g/mol. The van der Waals surface area contributed by atoms with Gasteiger partial charge in [-0.1, -0.05) is 88.6 Å². The fourth-order valence-electron chi connectivity index (χ4n) is 7.40. The number of hydrogen-bond acceptors (Lipinski definition) is 0. The molecule has 0 N–H and O–H groups in total. The van der Waals surface area contributed by atoms with Crippen LogP contribution in [0, 0.1) is 0 Å². The van der Waals surface area contributed by atoms with Gasteiger partial charge in [0.2, 0.25) is 0 Å². The molecule has 2 aliphatic rings. The third-order valence-corrected chi connectivity index (χ3v) is 9.52. The maximum Gasteiger partial charge on any atom is 0.113 e. The molecule has 0 aliphatic heterocycles. The second kappa shape index (κ2) is 9.80. The van der Waals surface area contributed by atoms with Crippen molar-refractivity contribution in [2.45, 2.75) is 12.8 Å². The SMILES string of the molecule is [B]c1c([B])c([B])c2c(-c3cc4c(c5c3CC=C5)Cc3ccccc3-4)c3c([B])c([B])c([B])c([B])c3c(-c3ccccc3)c2c1[B]. The highest BCUT2D eigenvalue weighted by Crippen LogP contribution is 2.48. The van der Waals surface area contributed by atoms with Crippen molar-refractivity contribution >= 4 is 134 Å². The molecule has 0 saturated carbocycles. The van der Waals surface area contributed by atoms with E-state index in [1.165, 1.54) is 27.8 Å². The Bertz CT molecular complexity index is 2220. The maximum atomic E-state index is 6.95. The van der Waals surface area contributed by atoms with E-state index in [4.69, 9.17) is 62.8 Å². The smallest absolute Gasteiger partial charge is 0.110 e. The topological polar surface area (TPSA) is 0 Å². The number of allylic oxidation sites excluding steroid dienone is 1. The minimum absolute atomic E-state index is 0.210. The van der Waals surface area contributed by atoms with Gasteiger partial charge in [0.1, 0.15) is 62.8 Å². The molecule has 0 heterocycles. The van der Waals surface area contributed by atoms with E-state index in [9.17, 15) is 0 Å². The van der Waals surface area contributed by atoms with E-state index in [-0.39, 0.29) is 21.9 Å². The summed E-state index contributed by atoms with van der Waals surface area (Å²) in [6.07, 6.45) is 6.00. The summed E-state index contributed by atoms with van der Waals surface area (Å²) in [5.41, 5.74) is 12.7. The van der Waals surface area contributed by atoms with Crippen molar-refractivity contribution < 1.29 is 0 Å². The summed E-state index contributed by atoms with van der Waals surface area (Å²) in [4.78, 5) is 0. The van der Waals surface area contributed by atoms with Crippen molar-refractivity contribution in [2.24, 2.45) is 0 Å². The second-order valence-electron chi connectivity index (χ2n) is 11.7. The highest BCUT2D eigenvalue weighted by molar-refractivity contribution is 6.71. The predicted molar refractivity (Wildman–Crippen MR) is 196 cm³/mol. The van der Waals surface area contributed by atoms with Crippen LogP contribution in [0.25, 0.3) is 61.0 Å². The standard InChI is InChI=1S/C36H16B8/c37-29-25-23(15-7-2-1-3-8-15)26-28(32(40)36(44)34(42)30(26)38)24(27(25)31(39)35(43)33(29)41)22-14-21-17-10-5-4-9-16(17)13-20(21)18-11-6-12-19(18)22/h1-11,14H,12-13H2. The Labute approximate surface area is 268 Å². The summed E-state index contributed by atoms with van der Waals surface area (Å²) in [7, 11) is 53.9. The molecule has 0 spiro atoms. The van der Waals surface area contributed by atoms with Gasteiger partial charge < -0.3 is 0 Å². The van der Waals surface area contributed by atoms with E-state index >= 15 is 0 Å². The minimum atomic E-state index is 0.210. The molecular weight excluding hydrogens is 519 g/mol. The first-order valence-electron chi connectivity index (χ1n) is 14.5. The monoisotopic (exact) mass is 536 g/mol. The van der Waals surface area contributed by atoms with Crippen LogP contribution >= 0.6 is 0 Å². The van der Waals surface area contributed by atoms with Crippen LogP contribution < -0.4 is 43.7 Å². The van der Waals surface area contributed by atoms with Crippen LogP contribution in [-0.2, 0) is 12.8 Å². The lowest BCUT2D eigenvalue weighted by molar-refractivity contribution is 1.22. The first-order chi connectivity index (χ1) is 21.2. The zero-order valence-corrected chi connectivity index (χ0v) is 24.0. The molecule has 8 heteroatoms. The summed E-state index contributed by atoms with van der Waals surface area (Å²) in [6.45, 7) is 0. The zero-order chi connectivity index (χ0) is 30.6. The van der Waals surface area contributed by atoms with Gasteiger partial charge in [-0.2, -0.15) is 0 Å². The van der Waals surface area contributed by atoms with Crippen molar-refractivity contribution in [3.63, 3.8) is 0 Å². The van der Waals surface area contributed by atoms with Crippen LogP contribution in [-0.4, -0.2) is 62.8 Å². The third kappa shape index (κ3) is 3.58. The summed E-state index contributed by atoms with van der Waals surface area (Å²) in [5.74, 6) is 0. The van der Waals surface area contributed by atoms with Crippen molar-refractivity contribution in [3.05, 3.63) is 89.0 Å². The van der Waals surface area contributed by atoms with Crippen LogP contribution in [0.2, 0.25) is 0 Å². The summed E-state index contributed by atoms with van der Waals surface area (Å²) in [6, 6.07) is 20.5. The normalized spacial score (nSPS) is 13.0. The number of fused-ring (bicyclic) bond motifs is 7. The lowest BCUT2D eigenvalue weighted by atomic mass is 9.59. The number of benzene rings is 6. The van der Waals surface area contributed by atoms with Gasteiger partial charge in [0.15, 0.2) is 0 Å². The Balaban J connectivity index is 1.68. The molecule has 16 radical (unpaired) electrons. The largest absolute Gasteiger partial charge is 0.113 e. The van der Waals surface area contributed by atoms with E-state index in [1.54, 1.807) is 0 Å². The molecule has 0 nitrogen and oxygen atoms in total. The third-order valence-electron chi connectivity index (χ3n) is 9.52. The molecule has 0 amide bonds. The molecule has 0 fully saturated rings. The van der Waals surface area contributed by atoms with Gasteiger partial charge in [0, 0.05) is 0 Å². The minimum Gasteiger partial charge on any atom is -0.110 e.